The van der Waals surface area contributed by atoms with E-state index in [0.29, 0.717) is 12.8 Å². The number of aliphatic hydroxyl groups excluding tert-OH is 1. The van der Waals surface area contributed by atoms with Crippen LogP contribution < -0.4 is 0 Å². The summed E-state index contributed by atoms with van der Waals surface area (Å²) in [4.78, 5) is 2.25. The lowest BCUT2D eigenvalue weighted by Gasteiger charge is -2.18. The van der Waals surface area contributed by atoms with E-state index in [1.807, 2.05) is 12.1 Å². The predicted octanol–water partition coefficient (Wildman–Crippen LogP) is 2.16. The summed E-state index contributed by atoms with van der Waals surface area (Å²) in [6.07, 6.45) is 1.08. The lowest BCUT2D eigenvalue weighted by atomic mass is 10.1. The van der Waals surface area contributed by atoms with Crippen molar-refractivity contribution in [3.05, 3.63) is 35.4 Å². The average molecular weight is 256 g/mol. The van der Waals surface area contributed by atoms with Gasteiger partial charge in [-0.3, -0.25) is 4.90 Å². The normalized spacial score (nSPS) is 9.79. The molecule has 3 heteroatoms. The quantitative estimate of drug-likeness (QED) is 0.793. The Hall–Kier alpha value is -1.81. The van der Waals surface area contributed by atoms with Crippen molar-refractivity contribution in [1.82, 2.24) is 4.90 Å². The monoisotopic (exact) mass is 256 g/mol. The van der Waals surface area contributed by atoms with Gasteiger partial charge in [0.15, 0.2) is 0 Å². The first-order chi connectivity index (χ1) is 9.30. The predicted molar refractivity (Wildman–Crippen MR) is 76.2 cm³/mol. The van der Waals surface area contributed by atoms with Gasteiger partial charge < -0.3 is 5.11 Å². The van der Waals surface area contributed by atoms with E-state index in [1.165, 1.54) is 5.56 Å². The molecule has 0 aromatic heterocycles. The Labute approximate surface area is 115 Å². The van der Waals surface area contributed by atoms with Gasteiger partial charge in [0.05, 0.1) is 12.7 Å². The summed E-state index contributed by atoms with van der Waals surface area (Å²) in [5.74, 6) is 5.91. The van der Waals surface area contributed by atoms with Crippen LogP contribution in [0.3, 0.4) is 0 Å². The van der Waals surface area contributed by atoms with Crippen molar-refractivity contribution in [3.63, 3.8) is 0 Å². The minimum atomic E-state index is 0.107. The molecule has 1 aromatic rings. The molecular weight excluding hydrogens is 236 g/mol. The Balaban J connectivity index is 2.56. The maximum absolute atomic E-state index is 8.65. The van der Waals surface area contributed by atoms with E-state index in [2.05, 4.69) is 41.9 Å². The maximum atomic E-state index is 8.65. The number of rotatable bonds is 6. The maximum Gasteiger partial charge on any atom is 0.0635 e. The fraction of sp³-hybridized carbons (Fsp3) is 0.438. The van der Waals surface area contributed by atoms with Crippen LogP contribution >= 0.6 is 0 Å². The van der Waals surface area contributed by atoms with E-state index in [4.69, 9.17) is 10.4 Å². The topological polar surface area (TPSA) is 47.3 Å². The van der Waals surface area contributed by atoms with Gasteiger partial charge in [0.1, 0.15) is 0 Å². The molecule has 1 rings (SSSR count). The summed E-state index contributed by atoms with van der Waals surface area (Å²) in [6, 6.07) is 10.3. The largest absolute Gasteiger partial charge is 0.395 e. The van der Waals surface area contributed by atoms with E-state index >= 15 is 0 Å². The van der Waals surface area contributed by atoms with E-state index < -0.39 is 0 Å². The Kier molecular flexibility index (Phi) is 7.35. The summed E-state index contributed by atoms with van der Waals surface area (Å²) in [6.45, 7) is 4.83. The number of benzene rings is 1. The fourth-order valence-corrected chi connectivity index (χ4v) is 1.73. The van der Waals surface area contributed by atoms with Crippen molar-refractivity contribution in [3.8, 4) is 17.9 Å². The van der Waals surface area contributed by atoms with Gasteiger partial charge in [-0.1, -0.05) is 30.9 Å². The summed E-state index contributed by atoms with van der Waals surface area (Å²) in [5.41, 5.74) is 2.20. The van der Waals surface area contributed by atoms with E-state index in [0.717, 1.165) is 25.2 Å². The first kappa shape index (κ1) is 15.2. The molecule has 3 nitrogen and oxygen atoms in total. The SMILES string of the molecule is CCN(CCC#N)Cc1ccc(C#CCCO)cc1. The molecule has 0 fully saturated rings. The molecule has 0 atom stereocenters. The summed E-state index contributed by atoms with van der Waals surface area (Å²) in [7, 11) is 0. The van der Waals surface area contributed by atoms with E-state index in [-0.39, 0.29) is 6.61 Å². The molecule has 0 radical (unpaired) electrons. The van der Waals surface area contributed by atoms with Crippen LogP contribution in [0.2, 0.25) is 0 Å². The lowest BCUT2D eigenvalue weighted by Crippen LogP contribution is -2.23. The van der Waals surface area contributed by atoms with Crippen LogP contribution in [0.15, 0.2) is 24.3 Å². The first-order valence-electron chi connectivity index (χ1n) is 6.58. The molecule has 0 spiro atoms. The van der Waals surface area contributed by atoms with Gasteiger partial charge in [-0.25, -0.2) is 0 Å². The van der Waals surface area contributed by atoms with Crippen LogP contribution in [0.25, 0.3) is 0 Å². The number of nitrogens with zero attached hydrogens (tertiary/aromatic N) is 2. The van der Waals surface area contributed by atoms with Crippen molar-refractivity contribution >= 4 is 0 Å². The van der Waals surface area contributed by atoms with Crippen molar-refractivity contribution in [2.24, 2.45) is 0 Å². The van der Waals surface area contributed by atoms with Crippen LogP contribution in [-0.2, 0) is 6.54 Å². The molecule has 0 aliphatic heterocycles. The standard InChI is InChI=1S/C16H20N2O/c1-2-18(12-5-11-17)14-16-9-7-15(8-10-16)6-3-4-13-19/h7-10,19H,2,4-5,12-14H2,1H3. The molecule has 0 amide bonds. The molecular formula is C16H20N2O. The van der Waals surface area contributed by atoms with E-state index in [1.54, 1.807) is 0 Å². The average Bonchev–Trinajstić information content (AvgIpc) is 2.45. The first-order valence-corrected chi connectivity index (χ1v) is 6.58. The molecule has 0 saturated heterocycles. The van der Waals surface area contributed by atoms with Crippen LogP contribution in [0.4, 0.5) is 0 Å². The molecule has 19 heavy (non-hydrogen) atoms. The van der Waals surface area contributed by atoms with Gasteiger partial charge in [0, 0.05) is 31.5 Å². The second-order valence-corrected chi connectivity index (χ2v) is 4.25. The summed E-state index contributed by atoms with van der Waals surface area (Å²) < 4.78 is 0. The molecule has 0 saturated carbocycles. The number of hydrogen-bond donors (Lipinski definition) is 1. The fourth-order valence-electron chi connectivity index (χ4n) is 1.73. The Morgan fingerprint density at radius 2 is 1.95 bits per heavy atom. The van der Waals surface area contributed by atoms with Crippen molar-refractivity contribution in [2.45, 2.75) is 26.3 Å². The van der Waals surface area contributed by atoms with Crippen molar-refractivity contribution < 1.29 is 5.11 Å². The van der Waals surface area contributed by atoms with Gasteiger partial charge in [0.25, 0.3) is 0 Å². The molecule has 0 aliphatic rings. The number of hydrogen-bond acceptors (Lipinski definition) is 3. The van der Waals surface area contributed by atoms with Gasteiger partial charge in [-0.2, -0.15) is 5.26 Å². The molecule has 1 aromatic carbocycles. The zero-order chi connectivity index (χ0) is 13.9. The van der Waals surface area contributed by atoms with Crippen LogP contribution in [0.5, 0.6) is 0 Å². The smallest absolute Gasteiger partial charge is 0.0635 e. The Bertz CT molecular complexity index is 462. The van der Waals surface area contributed by atoms with Crippen molar-refractivity contribution in [1.29, 1.82) is 5.26 Å². The highest BCUT2D eigenvalue weighted by atomic mass is 16.2. The third-order valence-electron chi connectivity index (χ3n) is 2.82. The third-order valence-corrected chi connectivity index (χ3v) is 2.82. The highest BCUT2D eigenvalue weighted by Crippen LogP contribution is 2.07. The zero-order valence-electron chi connectivity index (χ0n) is 11.4. The molecule has 0 aliphatic carbocycles. The molecule has 1 N–H and O–H groups in total. The zero-order valence-corrected chi connectivity index (χ0v) is 11.4. The van der Waals surface area contributed by atoms with Crippen LogP contribution in [-0.4, -0.2) is 29.7 Å². The van der Waals surface area contributed by atoms with Gasteiger partial charge >= 0.3 is 0 Å². The summed E-state index contributed by atoms with van der Waals surface area (Å²) in [5, 5.41) is 17.3. The second kappa shape index (κ2) is 9.16. The van der Waals surface area contributed by atoms with Crippen LogP contribution in [0.1, 0.15) is 30.9 Å². The van der Waals surface area contributed by atoms with Crippen LogP contribution in [0, 0.1) is 23.2 Å². The Morgan fingerprint density at radius 3 is 2.53 bits per heavy atom. The molecule has 0 bridgehead atoms. The highest BCUT2D eigenvalue weighted by Gasteiger charge is 2.02. The lowest BCUT2D eigenvalue weighted by molar-refractivity contribution is 0.287. The van der Waals surface area contributed by atoms with Gasteiger partial charge in [0.2, 0.25) is 0 Å². The minimum Gasteiger partial charge on any atom is -0.395 e. The minimum absolute atomic E-state index is 0.107. The number of nitriles is 1. The number of aliphatic hydroxyl groups is 1. The molecule has 0 heterocycles. The second-order valence-electron chi connectivity index (χ2n) is 4.25. The van der Waals surface area contributed by atoms with Gasteiger partial charge in [-0.05, 0) is 24.2 Å². The van der Waals surface area contributed by atoms with E-state index in [9.17, 15) is 0 Å². The Morgan fingerprint density at radius 1 is 1.21 bits per heavy atom. The molecule has 100 valence electrons. The summed E-state index contributed by atoms with van der Waals surface area (Å²) >= 11 is 0. The van der Waals surface area contributed by atoms with Gasteiger partial charge in [-0.15, -0.1) is 0 Å². The molecule has 0 unspecified atom stereocenters. The third kappa shape index (κ3) is 6.06. The van der Waals surface area contributed by atoms with Crippen molar-refractivity contribution in [2.75, 3.05) is 19.7 Å². The highest BCUT2D eigenvalue weighted by molar-refractivity contribution is 5.36.